The van der Waals surface area contributed by atoms with Crippen molar-refractivity contribution < 1.29 is 8.42 Å². The lowest BCUT2D eigenvalue weighted by Crippen LogP contribution is -2.36. The molecule has 0 heterocycles. The van der Waals surface area contributed by atoms with Gasteiger partial charge >= 0.3 is 0 Å². The first-order valence-corrected chi connectivity index (χ1v) is 7.69. The molecule has 0 atom stereocenters. The van der Waals surface area contributed by atoms with Crippen molar-refractivity contribution in [2.75, 3.05) is 0 Å². The first-order chi connectivity index (χ1) is 8.62. The van der Waals surface area contributed by atoms with Gasteiger partial charge in [-0.25, -0.2) is 13.1 Å². The summed E-state index contributed by atoms with van der Waals surface area (Å²) in [6, 6.07) is 6.49. The van der Waals surface area contributed by atoms with Crippen molar-refractivity contribution in [2.45, 2.75) is 43.0 Å². The molecule has 1 aliphatic rings. The molecule has 0 spiro atoms. The lowest BCUT2D eigenvalue weighted by Gasteiger charge is -2.22. The van der Waals surface area contributed by atoms with E-state index in [1.165, 1.54) is 6.42 Å². The van der Waals surface area contributed by atoms with Crippen LogP contribution in [-0.2, 0) is 10.0 Å². The fourth-order valence-corrected chi connectivity index (χ4v) is 3.54. The highest BCUT2D eigenvalue weighted by molar-refractivity contribution is 7.89. The molecule has 0 radical (unpaired) electrons. The molecule has 18 heavy (non-hydrogen) atoms. The fraction of sp³-hybridized carbons (Fsp3) is 0.429. The molecular weight excluding hydrogens is 246 g/mol. The summed E-state index contributed by atoms with van der Waals surface area (Å²) >= 11 is 0. The minimum absolute atomic E-state index is 0.0797. The third-order valence-electron chi connectivity index (χ3n) is 3.26. The summed E-state index contributed by atoms with van der Waals surface area (Å²) < 4.78 is 27.0. The van der Waals surface area contributed by atoms with E-state index in [9.17, 15) is 8.42 Å². The number of rotatable bonds is 3. The molecule has 0 saturated heterocycles. The zero-order valence-corrected chi connectivity index (χ0v) is 11.0. The molecule has 0 amide bonds. The monoisotopic (exact) mass is 263 g/mol. The molecule has 3 nitrogen and oxygen atoms in total. The van der Waals surface area contributed by atoms with Gasteiger partial charge in [-0.3, -0.25) is 0 Å². The molecule has 1 fully saturated rings. The van der Waals surface area contributed by atoms with E-state index in [1.54, 1.807) is 24.3 Å². The van der Waals surface area contributed by atoms with Crippen LogP contribution in [0.4, 0.5) is 0 Å². The Morgan fingerprint density at radius 1 is 1.11 bits per heavy atom. The number of hydrogen-bond acceptors (Lipinski definition) is 2. The van der Waals surface area contributed by atoms with E-state index >= 15 is 0 Å². The van der Waals surface area contributed by atoms with E-state index in [0.29, 0.717) is 5.56 Å². The van der Waals surface area contributed by atoms with Crippen molar-refractivity contribution in [1.29, 1.82) is 0 Å². The first kappa shape index (κ1) is 13.1. The van der Waals surface area contributed by atoms with Gasteiger partial charge < -0.3 is 0 Å². The van der Waals surface area contributed by atoms with Crippen LogP contribution in [0.3, 0.4) is 0 Å². The van der Waals surface area contributed by atoms with Crippen LogP contribution in [0.5, 0.6) is 0 Å². The molecule has 0 aromatic heterocycles. The normalized spacial score (nSPS) is 17.3. The Morgan fingerprint density at radius 2 is 1.72 bits per heavy atom. The van der Waals surface area contributed by atoms with Crippen molar-refractivity contribution in [3.05, 3.63) is 29.8 Å². The summed E-state index contributed by atoms with van der Waals surface area (Å²) in [4.78, 5) is 0.284. The molecule has 1 aromatic rings. The van der Waals surface area contributed by atoms with Crippen LogP contribution in [0.15, 0.2) is 29.2 Å². The van der Waals surface area contributed by atoms with Crippen LogP contribution < -0.4 is 4.72 Å². The second-order valence-corrected chi connectivity index (χ2v) is 6.34. The Morgan fingerprint density at radius 3 is 2.28 bits per heavy atom. The molecule has 1 saturated carbocycles. The zero-order valence-electron chi connectivity index (χ0n) is 10.2. The lowest BCUT2D eigenvalue weighted by molar-refractivity contribution is 0.412. The van der Waals surface area contributed by atoms with Gasteiger partial charge in [0.15, 0.2) is 0 Å². The molecule has 0 aliphatic heterocycles. The Labute approximate surface area is 109 Å². The second-order valence-electron chi connectivity index (χ2n) is 4.62. The molecular formula is C14H17NO2S. The van der Waals surface area contributed by atoms with Crippen LogP contribution in [0.1, 0.15) is 37.7 Å². The van der Waals surface area contributed by atoms with Crippen molar-refractivity contribution in [1.82, 2.24) is 4.72 Å². The van der Waals surface area contributed by atoms with E-state index in [-0.39, 0.29) is 10.9 Å². The van der Waals surface area contributed by atoms with E-state index in [0.717, 1.165) is 25.7 Å². The molecule has 1 aromatic carbocycles. The quantitative estimate of drug-likeness (QED) is 0.850. The van der Waals surface area contributed by atoms with Gasteiger partial charge in [-0.2, -0.15) is 0 Å². The van der Waals surface area contributed by atoms with Crippen LogP contribution >= 0.6 is 0 Å². The van der Waals surface area contributed by atoms with Gasteiger partial charge in [0.2, 0.25) is 10.0 Å². The van der Waals surface area contributed by atoms with E-state index in [4.69, 9.17) is 6.42 Å². The zero-order chi connectivity index (χ0) is 13.0. The smallest absolute Gasteiger partial charge is 0.208 e. The molecule has 96 valence electrons. The SMILES string of the molecule is C#Cc1ccc(S(=O)(=O)NC2CCCCC2)cc1. The topological polar surface area (TPSA) is 46.2 Å². The average molecular weight is 263 g/mol. The highest BCUT2D eigenvalue weighted by atomic mass is 32.2. The van der Waals surface area contributed by atoms with Crippen molar-refractivity contribution in [3.8, 4) is 12.3 Å². The number of benzene rings is 1. The van der Waals surface area contributed by atoms with Gasteiger partial charge in [-0.15, -0.1) is 6.42 Å². The Kier molecular flexibility index (Phi) is 4.05. The summed E-state index contributed by atoms with van der Waals surface area (Å²) in [5.74, 6) is 2.47. The van der Waals surface area contributed by atoms with Crippen LogP contribution in [0.2, 0.25) is 0 Å². The second kappa shape index (κ2) is 5.55. The third kappa shape index (κ3) is 3.12. The van der Waals surface area contributed by atoms with Crippen LogP contribution in [-0.4, -0.2) is 14.5 Å². The molecule has 2 rings (SSSR count). The number of hydrogen-bond donors (Lipinski definition) is 1. The molecule has 1 N–H and O–H groups in total. The van der Waals surface area contributed by atoms with Gasteiger partial charge in [-0.1, -0.05) is 25.2 Å². The largest absolute Gasteiger partial charge is 0.240 e. The summed E-state index contributed by atoms with van der Waals surface area (Å²) in [5, 5.41) is 0. The van der Waals surface area contributed by atoms with Crippen LogP contribution in [0.25, 0.3) is 0 Å². The maximum atomic E-state index is 12.1. The molecule has 0 bridgehead atoms. The van der Waals surface area contributed by atoms with Crippen molar-refractivity contribution in [2.24, 2.45) is 0 Å². The minimum Gasteiger partial charge on any atom is -0.208 e. The summed E-state index contributed by atoms with van der Waals surface area (Å²) in [5.41, 5.74) is 0.687. The van der Waals surface area contributed by atoms with Gasteiger partial charge in [0.1, 0.15) is 0 Å². The molecule has 1 aliphatic carbocycles. The number of sulfonamides is 1. The van der Waals surface area contributed by atoms with Gasteiger partial charge in [0.25, 0.3) is 0 Å². The molecule has 0 unspecified atom stereocenters. The fourth-order valence-electron chi connectivity index (χ4n) is 2.24. The van der Waals surface area contributed by atoms with Crippen molar-refractivity contribution >= 4 is 10.0 Å². The van der Waals surface area contributed by atoms with E-state index in [2.05, 4.69) is 10.6 Å². The highest BCUT2D eigenvalue weighted by Gasteiger charge is 2.21. The lowest BCUT2D eigenvalue weighted by atomic mass is 9.96. The standard InChI is InChI=1S/C14H17NO2S/c1-2-12-8-10-14(11-9-12)18(16,17)15-13-6-4-3-5-7-13/h1,8-11,13,15H,3-7H2. The maximum Gasteiger partial charge on any atom is 0.240 e. The summed E-state index contributed by atoms with van der Waals surface area (Å²) in [6.45, 7) is 0. The van der Waals surface area contributed by atoms with Gasteiger partial charge in [0.05, 0.1) is 4.90 Å². The van der Waals surface area contributed by atoms with Gasteiger partial charge in [-0.05, 0) is 37.1 Å². The number of terminal acetylenes is 1. The summed E-state index contributed by atoms with van der Waals surface area (Å²) in [6.07, 6.45) is 10.5. The predicted octanol–water partition coefficient (Wildman–Crippen LogP) is 2.28. The maximum absolute atomic E-state index is 12.1. The third-order valence-corrected chi connectivity index (χ3v) is 4.79. The Bertz CT molecular complexity index is 534. The summed E-state index contributed by atoms with van der Waals surface area (Å²) in [7, 11) is -3.40. The van der Waals surface area contributed by atoms with Crippen molar-refractivity contribution in [3.63, 3.8) is 0 Å². The van der Waals surface area contributed by atoms with Crippen LogP contribution in [0, 0.1) is 12.3 Å². The Balaban J connectivity index is 2.12. The van der Waals surface area contributed by atoms with E-state index in [1.807, 2.05) is 0 Å². The van der Waals surface area contributed by atoms with E-state index < -0.39 is 10.0 Å². The highest BCUT2D eigenvalue weighted by Crippen LogP contribution is 2.20. The molecule has 4 heteroatoms. The Hall–Kier alpha value is -1.31. The average Bonchev–Trinajstić information content (AvgIpc) is 2.39. The first-order valence-electron chi connectivity index (χ1n) is 6.21. The van der Waals surface area contributed by atoms with Gasteiger partial charge in [0, 0.05) is 11.6 Å². The number of nitrogens with one attached hydrogen (secondary N) is 1. The predicted molar refractivity (Wildman–Crippen MR) is 71.6 cm³/mol. The minimum atomic E-state index is -3.40.